The van der Waals surface area contributed by atoms with E-state index in [9.17, 15) is 9.59 Å². The van der Waals surface area contributed by atoms with Crippen LogP contribution >= 0.6 is 0 Å². The number of esters is 2. The summed E-state index contributed by atoms with van der Waals surface area (Å²) in [5.41, 5.74) is 0. The van der Waals surface area contributed by atoms with E-state index in [1.165, 1.54) is 199 Å². The molecule has 0 aliphatic carbocycles. The third-order valence-corrected chi connectivity index (χ3v) is 13.4. The zero-order valence-corrected chi connectivity index (χ0v) is 47.9. The quantitative estimate of drug-likeness (QED) is 0.0345. The number of rotatable bonds is 57. The summed E-state index contributed by atoms with van der Waals surface area (Å²) in [6.45, 7) is 7.75. The molecule has 0 radical (unpaired) electrons. The van der Waals surface area contributed by atoms with Crippen molar-refractivity contribution in [1.29, 1.82) is 0 Å². The van der Waals surface area contributed by atoms with E-state index in [1.807, 2.05) is 0 Å². The first-order valence-electron chi connectivity index (χ1n) is 31.1. The molecule has 0 aromatic rings. The predicted octanol–water partition coefficient (Wildman–Crippen LogP) is 21.6. The maximum atomic E-state index is 12.9. The van der Waals surface area contributed by atoms with Crippen molar-refractivity contribution in [2.75, 3.05) is 19.8 Å². The molecule has 0 aliphatic heterocycles. The summed E-state index contributed by atoms with van der Waals surface area (Å²) < 4.78 is 17.5. The third-order valence-electron chi connectivity index (χ3n) is 13.4. The van der Waals surface area contributed by atoms with Crippen LogP contribution in [0, 0.1) is 0 Å². The van der Waals surface area contributed by atoms with E-state index < -0.39 is 6.10 Å². The van der Waals surface area contributed by atoms with Crippen LogP contribution < -0.4 is 0 Å². The Hall–Kier alpha value is -2.92. The molecule has 0 heterocycles. The minimum atomic E-state index is -0.553. The highest BCUT2D eigenvalue weighted by Gasteiger charge is 2.17. The number of carbonyl (C=O) groups excluding carboxylic acids is 2. The number of carbonyl (C=O) groups is 2. The van der Waals surface area contributed by atoms with Crippen molar-refractivity contribution in [3.63, 3.8) is 0 Å². The number of allylic oxidation sites excluding steroid dienone is 14. The standard InChI is InChI=1S/C67H118O5/c1-4-7-10-13-16-19-22-25-28-31-33-35-38-41-44-47-50-53-56-59-62-70-63-65(72-67(69)61-58-55-52-49-46-43-40-36-30-27-24-21-18-15-12-9-6-3)64-71-66(68)60-57-54-51-48-45-42-39-37-34-32-29-26-23-20-17-14-11-8-5-2/h16-21,25-30,33,35,65H,4-15,22-24,31-32,34,36-64H2,1-3H3/b19-16-,20-17-,21-18-,28-25-,29-26-,30-27-,35-33-. The van der Waals surface area contributed by atoms with Gasteiger partial charge in [0.15, 0.2) is 6.10 Å². The van der Waals surface area contributed by atoms with Crippen molar-refractivity contribution >= 4 is 11.9 Å². The molecular weight excluding hydrogens is 885 g/mol. The van der Waals surface area contributed by atoms with Gasteiger partial charge in [0.2, 0.25) is 0 Å². The van der Waals surface area contributed by atoms with E-state index in [0.717, 1.165) is 70.6 Å². The van der Waals surface area contributed by atoms with Crippen molar-refractivity contribution in [2.45, 2.75) is 309 Å². The van der Waals surface area contributed by atoms with Gasteiger partial charge in [-0.15, -0.1) is 0 Å². The Morgan fingerprint density at radius 1 is 0.306 bits per heavy atom. The molecule has 0 spiro atoms. The monoisotopic (exact) mass is 1000 g/mol. The van der Waals surface area contributed by atoms with E-state index in [2.05, 4.69) is 106 Å². The molecule has 0 aliphatic rings. The van der Waals surface area contributed by atoms with Crippen LogP contribution in [-0.2, 0) is 23.8 Å². The van der Waals surface area contributed by atoms with E-state index >= 15 is 0 Å². The van der Waals surface area contributed by atoms with Crippen molar-refractivity contribution < 1.29 is 23.8 Å². The van der Waals surface area contributed by atoms with Crippen LogP contribution in [0.2, 0.25) is 0 Å². The Morgan fingerprint density at radius 2 is 0.583 bits per heavy atom. The zero-order valence-electron chi connectivity index (χ0n) is 47.9. The van der Waals surface area contributed by atoms with Gasteiger partial charge in [0.05, 0.1) is 6.61 Å². The van der Waals surface area contributed by atoms with E-state index in [0.29, 0.717) is 19.4 Å². The fourth-order valence-corrected chi connectivity index (χ4v) is 8.70. The van der Waals surface area contributed by atoms with Gasteiger partial charge < -0.3 is 14.2 Å². The second-order valence-corrected chi connectivity index (χ2v) is 20.6. The lowest BCUT2D eigenvalue weighted by Crippen LogP contribution is -2.30. The molecule has 5 nitrogen and oxygen atoms in total. The summed E-state index contributed by atoms with van der Waals surface area (Å²) in [7, 11) is 0. The van der Waals surface area contributed by atoms with Gasteiger partial charge >= 0.3 is 11.9 Å². The molecule has 0 amide bonds. The lowest BCUT2D eigenvalue weighted by atomic mass is 10.1. The van der Waals surface area contributed by atoms with Crippen LogP contribution in [0.4, 0.5) is 0 Å². The van der Waals surface area contributed by atoms with Crippen LogP contribution in [0.25, 0.3) is 0 Å². The second-order valence-electron chi connectivity index (χ2n) is 20.6. The summed E-state index contributed by atoms with van der Waals surface area (Å²) in [5.74, 6) is -0.408. The largest absolute Gasteiger partial charge is 0.462 e. The Balaban J connectivity index is 4.32. The smallest absolute Gasteiger partial charge is 0.306 e. The normalized spacial score (nSPS) is 12.8. The maximum absolute atomic E-state index is 12.9. The summed E-state index contributed by atoms with van der Waals surface area (Å²) in [6, 6.07) is 0. The first-order chi connectivity index (χ1) is 35.6. The molecule has 5 heteroatoms. The van der Waals surface area contributed by atoms with Gasteiger partial charge in [-0.3, -0.25) is 9.59 Å². The highest BCUT2D eigenvalue weighted by atomic mass is 16.6. The SMILES string of the molecule is CCCCC/C=C\C/C=C\C/C=C\CCCCCCCCCOCC(COC(=O)CCCCCCCCCCC/C=C\C/C=C\CCCCC)OC(=O)CCCCCCCCC/C=C\C/C=C\CCCCC. The highest BCUT2D eigenvalue weighted by Crippen LogP contribution is 2.15. The van der Waals surface area contributed by atoms with Gasteiger partial charge in [0.25, 0.3) is 0 Å². The van der Waals surface area contributed by atoms with Gasteiger partial charge in [0, 0.05) is 19.4 Å². The van der Waals surface area contributed by atoms with E-state index in [4.69, 9.17) is 14.2 Å². The maximum Gasteiger partial charge on any atom is 0.306 e. The first-order valence-corrected chi connectivity index (χ1v) is 31.1. The summed E-state index contributed by atoms with van der Waals surface area (Å²) in [4.78, 5) is 25.6. The van der Waals surface area contributed by atoms with Crippen molar-refractivity contribution in [1.82, 2.24) is 0 Å². The average molecular weight is 1000 g/mol. The van der Waals surface area contributed by atoms with Gasteiger partial charge in [-0.25, -0.2) is 0 Å². The van der Waals surface area contributed by atoms with E-state index in [1.54, 1.807) is 0 Å². The summed E-state index contributed by atoms with van der Waals surface area (Å²) >= 11 is 0. The molecule has 72 heavy (non-hydrogen) atoms. The minimum absolute atomic E-state index is 0.0736. The molecule has 1 unspecified atom stereocenters. The zero-order chi connectivity index (χ0) is 52.0. The lowest BCUT2D eigenvalue weighted by Gasteiger charge is -2.18. The van der Waals surface area contributed by atoms with Crippen LogP contribution in [0.15, 0.2) is 85.1 Å². The fourth-order valence-electron chi connectivity index (χ4n) is 8.70. The van der Waals surface area contributed by atoms with Crippen LogP contribution in [-0.4, -0.2) is 37.9 Å². The molecular formula is C67H118O5. The Labute approximate surface area is 448 Å². The number of hydrogen-bond donors (Lipinski definition) is 0. The topological polar surface area (TPSA) is 61.8 Å². The van der Waals surface area contributed by atoms with Crippen LogP contribution in [0.1, 0.15) is 303 Å². The van der Waals surface area contributed by atoms with Crippen LogP contribution in [0.3, 0.4) is 0 Å². The fraction of sp³-hybridized carbons (Fsp3) is 0.761. The van der Waals surface area contributed by atoms with Crippen molar-refractivity contribution in [3.8, 4) is 0 Å². The molecule has 0 aromatic heterocycles. The number of hydrogen-bond acceptors (Lipinski definition) is 5. The third kappa shape index (κ3) is 59.6. The minimum Gasteiger partial charge on any atom is -0.462 e. The Kier molecular flexibility index (Phi) is 59.8. The Morgan fingerprint density at radius 3 is 0.931 bits per heavy atom. The van der Waals surface area contributed by atoms with Crippen LogP contribution in [0.5, 0.6) is 0 Å². The molecule has 416 valence electrons. The van der Waals surface area contributed by atoms with Gasteiger partial charge in [-0.2, -0.15) is 0 Å². The molecule has 0 saturated heterocycles. The number of unbranched alkanes of at least 4 members (excludes halogenated alkanes) is 32. The number of ether oxygens (including phenoxy) is 3. The lowest BCUT2D eigenvalue weighted by molar-refractivity contribution is -0.163. The molecule has 1 atom stereocenters. The molecule has 0 N–H and O–H groups in total. The molecule has 0 aromatic carbocycles. The van der Waals surface area contributed by atoms with Gasteiger partial charge in [-0.05, 0) is 122 Å². The van der Waals surface area contributed by atoms with E-state index in [-0.39, 0.29) is 25.2 Å². The summed E-state index contributed by atoms with van der Waals surface area (Å²) in [5, 5.41) is 0. The summed E-state index contributed by atoms with van der Waals surface area (Å²) in [6.07, 6.45) is 83.2. The predicted molar refractivity (Wildman–Crippen MR) is 316 cm³/mol. The Bertz CT molecular complexity index is 1320. The molecule has 0 bridgehead atoms. The van der Waals surface area contributed by atoms with Gasteiger partial charge in [0.1, 0.15) is 6.61 Å². The van der Waals surface area contributed by atoms with Crippen molar-refractivity contribution in [3.05, 3.63) is 85.1 Å². The highest BCUT2D eigenvalue weighted by molar-refractivity contribution is 5.70. The van der Waals surface area contributed by atoms with Gasteiger partial charge in [-0.1, -0.05) is 254 Å². The second kappa shape index (κ2) is 62.4. The van der Waals surface area contributed by atoms with Crippen molar-refractivity contribution in [2.24, 2.45) is 0 Å². The molecule has 0 fully saturated rings. The molecule has 0 saturated carbocycles. The average Bonchev–Trinajstić information content (AvgIpc) is 3.38. The first kappa shape index (κ1) is 69.1. The molecule has 0 rings (SSSR count).